The van der Waals surface area contributed by atoms with E-state index in [-0.39, 0.29) is 19.4 Å². The van der Waals surface area contributed by atoms with Gasteiger partial charge in [0.1, 0.15) is 5.82 Å². The van der Waals surface area contributed by atoms with E-state index in [2.05, 4.69) is 4.98 Å². The molecule has 3 N–H and O–H groups in total. The van der Waals surface area contributed by atoms with E-state index >= 15 is 0 Å². The zero-order chi connectivity index (χ0) is 20.8. The van der Waals surface area contributed by atoms with Gasteiger partial charge >= 0.3 is 5.97 Å². The Bertz CT molecular complexity index is 1030. The second-order valence-electron chi connectivity index (χ2n) is 6.44. The third kappa shape index (κ3) is 5.19. The molecule has 0 fully saturated rings. The lowest BCUT2D eigenvalue weighted by Crippen LogP contribution is -2.37. The molecule has 0 unspecified atom stereocenters. The van der Waals surface area contributed by atoms with Crippen LogP contribution in [0.15, 0.2) is 54.7 Å². The minimum atomic E-state index is -0.582. The maximum atomic E-state index is 13.2. The van der Waals surface area contributed by atoms with Crippen LogP contribution in [0.3, 0.4) is 0 Å². The molecule has 0 aliphatic rings. The number of anilines is 1. The molecule has 1 heterocycles. The highest BCUT2D eigenvalue weighted by molar-refractivity contribution is 5.96. The summed E-state index contributed by atoms with van der Waals surface area (Å²) in [6, 6.07) is 12.7. The van der Waals surface area contributed by atoms with Gasteiger partial charge in [-0.1, -0.05) is 18.2 Å². The maximum Gasteiger partial charge on any atom is 0.310 e. The van der Waals surface area contributed by atoms with Gasteiger partial charge in [-0.2, -0.15) is 0 Å². The highest BCUT2D eigenvalue weighted by atomic mass is 19.1. The highest BCUT2D eigenvalue weighted by Gasteiger charge is 2.19. The fourth-order valence-electron chi connectivity index (χ4n) is 2.95. The fourth-order valence-corrected chi connectivity index (χ4v) is 2.95. The summed E-state index contributed by atoms with van der Waals surface area (Å²) in [5, 5.41) is 0.908. The topological polar surface area (TPSA) is 105 Å². The zero-order valence-corrected chi connectivity index (χ0v) is 15.6. The first kappa shape index (κ1) is 20.1. The van der Waals surface area contributed by atoms with Gasteiger partial charge in [0, 0.05) is 35.8 Å². The molecule has 0 saturated carbocycles. The Hall–Kier alpha value is -3.68. The van der Waals surface area contributed by atoms with Crippen molar-refractivity contribution >= 4 is 34.4 Å². The summed E-state index contributed by atoms with van der Waals surface area (Å²) in [6.45, 7) is -0.503. The molecule has 8 heteroatoms. The van der Waals surface area contributed by atoms with Gasteiger partial charge in [-0.15, -0.1) is 0 Å². The number of H-pyrrole nitrogens is 1. The minimum Gasteiger partial charge on any atom is -0.455 e. The van der Waals surface area contributed by atoms with Gasteiger partial charge in [0.05, 0.1) is 6.42 Å². The number of hydrogen-bond acceptors (Lipinski definition) is 4. The Morgan fingerprint density at radius 1 is 1.07 bits per heavy atom. The molecule has 7 nitrogen and oxygen atoms in total. The summed E-state index contributed by atoms with van der Waals surface area (Å²) in [7, 11) is 0. The van der Waals surface area contributed by atoms with Gasteiger partial charge in [0.25, 0.3) is 5.91 Å². The average Bonchev–Trinajstić information content (AvgIpc) is 3.10. The first-order valence-corrected chi connectivity index (χ1v) is 8.99. The third-order valence-electron chi connectivity index (χ3n) is 4.39. The summed E-state index contributed by atoms with van der Waals surface area (Å²) < 4.78 is 18.3. The molecule has 2 amide bonds. The first-order valence-electron chi connectivity index (χ1n) is 8.99. The van der Waals surface area contributed by atoms with Crippen molar-refractivity contribution in [2.24, 2.45) is 5.73 Å². The standard InChI is InChI=1S/C21H20FN3O4/c22-15-5-7-16(8-6-15)25(10-9-19(23)26)20(27)13-29-21(28)11-14-12-24-18-4-2-1-3-17(14)18/h1-8,12,24H,9-11,13H2,(H2,23,26). The number of nitrogens with one attached hydrogen (secondary N) is 1. The second kappa shape index (κ2) is 9.01. The largest absolute Gasteiger partial charge is 0.455 e. The molecule has 0 aliphatic carbocycles. The van der Waals surface area contributed by atoms with Gasteiger partial charge in [-0.05, 0) is 35.9 Å². The number of ether oxygens (including phenoxy) is 1. The third-order valence-corrected chi connectivity index (χ3v) is 4.39. The SMILES string of the molecule is NC(=O)CCN(C(=O)COC(=O)Cc1c[nH]c2ccccc12)c1ccc(F)cc1. The molecule has 29 heavy (non-hydrogen) atoms. The number of carbonyl (C=O) groups excluding carboxylic acids is 3. The highest BCUT2D eigenvalue weighted by Crippen LogP contribution is 2.19. The van der Waals surface area contributed by atoms with E-state index in [1.807, 2.05) is 24.3 Å². The second-order valence-corrected chi connectivity index (χ2v) is 6.44. The van der Waals surface area contributed by atoms with Crippen LogP contribution in [0, 0.1) is 5.82 Å². The number of aromatic amines is 1. The molecule has 3 rings (SSSR count). The molecule has 0 atom stereocenters. The quantitative estimate of drug-likeness (QED) is 0.569. The molecule has 0 saturated heterocycles. The fraction of sp³-hybridized carbons (Fsp3) is 0.190. The predicted molar refractivity (Wildman–Crippen MR) is 106 cm³/mol. The number of primary amides is 1. The lowest BCUT2D eigenvalue weighted by atomic mass is 10.1. The Kier molecular flexibility index (Phi) is 6.23. The van der Waals surface area contributed by atoms with Crippen LogP contribution in [0.4, 0.5) is 10.1 Å². The normalized spacial score (nSPS) is 10.7. The lowest BCUT2D eigenvalue weighted by molar-refractivity contribution is -0.147. The van der Waals surface area contributed by atoms with Crippen molar-refractivity contribution in [2.75, 3.05) is 18.1 Å². The summed E-state index contributed by atoms with van der Waals surface area (Å²) in [5.41, 5.74) is 7.21. The summed E-state index contributed by atoms with van der Waals surface area (Å²) in [6.07, 6.45) is 1.66. The molecular formula is C21H20FN3O4. The van der Waals surface area contributed by atoms with Crippen LogP contribution in [-0.2, 0) is 25.5 Å². The van der Waals surface area contributed by atoms with Gasteiger partial charge in [0.2, 0.25) is 5.91 Å². The summed E-state index contributed by atoms with van der Waals surface area (Å²) in [5.74, 6) is -2.13. The smallest absolute Gasteiger partial charge is 0.310 e. The maximum absolute atomic E-state index is 13.2. The van der Waals surface area contributed by atoms with Crippen LogP contribution in [0.25, 0.3) is 10.9 Å². The number of amides is 2. The van der Waals surface area contributed by atoms with Crippen molar-refractivity contribution in [2.45, 2.75) is 12.8 Å². The number of rotatable bonds is 8. The molecule has 0 spiro atoms. The van der Waals surface area contributed by atoms with Crippen LogP contribution in [0.5, 0.6) is 0 Å². The molecule has 2 aromatic carbocycles. The van der Waals surface area contributed by atoms with E-state index in [1.54, 1.807) is 6.20 Å². The minimum absolute atomic E-state index is 0.000201. The van der Waals surface area contributed by atoms with E-state index in [9.17, 15) is 18.8 Å². The van der Waals surface area contributed by atoms with Gasteiger partial charge < -0.3 is 20.4 Å². The van der Waals surface area contributed by atoms with Gasteiger partial charge in [-0.25, -0.2) is 4.39 Å². The van der Waals surface area contributed by atoms with Crippen molar-refractivity contribution < 1.29 is 23.5 Å². The summed E-state index contributed by atoms with van der Waals surface area (Å²) in [4.78, 5) is 40.2. The van der Waals surface area contributed by atoms with Crippen molar-refractivity contribution in [3.05, 3.63) is 66.1 Å². The van der Waals surface area contributed by atoms with Crippen molar-refractivity contribution in [3.8, 4) is 0 Å². The van der Waals surface area contributed by atoms with Crippen LogP contribution < -0.4 is 10.6 Å². The van der Waals surface area contributed by atoms with Gasteiger partial charge in [0.15, 0.2) is 6.61 Å². The lowest BCUT2D eigenvalue weighted by Gasteiger charge is -2.22. The molecule has 0 bridgehead atoms. The first-order chi connectivity index (χ1) is 13.9. The van der Waals surface area contributed by atoms with Crippen molar-refractivity contribution in [1.29, 1.82) is 0 Å². The Labute approximate surface area is 166 Å². The van der Waals surface area contributed by atoms with Crippen LogP contribution >= 0.6 is 0 Å². The molecule has 0 aliphatic heterocycles. The van der Waals surface area contributed by atoms with Crippen molar-refractivity contribution in [1.82, 2.24) is 4.98 Å². The Morgan fingerprint density at radius 2 is 1.79 bits per heavy atom. The monoisotopic (exact) mass is 397 g/mol. The number of carbonyl (C=O) groups is 3. The van der Waals surface area contributed by atoms with Crippen molar-refractivity contribution in [3.63, 3.8) is 0 Å². The number of aromatic nitrogens is 1. The number of nitrogens with zero attached hydrogens (tertiary/aromatic N) is 1. The molecule has 0 radical (unpaired) electrons. The molecule has 3 aromatic rings. The van der Waals surface area contributed by atoms with E-state index in [4.69, 9.17) is 10.5 Å². The van der Waals surface area contributed by atoms with Crippen LogP contribution in [-0.4, -0.2) is 35.9 Å². The zero-order valence-electron chi connectivity index (χ0n) is 15.6. The molecular weight excluding hydrogens is 377 g/mol. The van der Waals surface area contributed by atoms with E-state index in [0.29, 0.717) is 5.69 Å². The summed E-state index contributed by atoms with van der Waals surface area (Å²) >= 11 is 0. The van der Waals surface area contributed by atoms with Gasteiger partial charge in [-0.3, -0.25) is 14.4 Å². The number of benzene rings is 2. The molecule has 1 aromatic heterocycles. The van der Waals surface area contributed by atoms with E-state index in [0.717, 1.165) is 16.5 Å². The number of fused-ring (bicyclic) bond motifs is 1. The van der Waals surface area contributed by atoms with E-state index in [1.165, 1.54) is 29.2 Å². The predicted octanol–water partition coefficient (Wildman–Crippen LogP) is 2.30. The number of nitrogens with two attached hydrogens (primary N) is 1. The van der Waals surface area contributed by atoms with Crippen LogP contribution in [0.1, 0.15) is 12.0 Å². The number of esters is 1. The Balaban J connectivity index is 1.63. The van der Waals surface area contributed by atoms with E-state index < -0.39 is 30.2 Å². The Morgan fingerprint density at radius 3 is 2.52 bits per heavy atom. The number of para-hydroxylation sites is 1. The molecule has 150 valence electrons. The van der Waals surface area contributed by atoms with Crippen LogP contribution in [0.2, 0.25) is 0 Å². The number of halogens is 1. The average molecular weight is 397 g/mol. The number of hydrogen-bond donors (Lipinski definition) is 2.